The van der Waals surface area contributed by atoms with Gasteiger partial charge in [0.2, 0.25) is 0 Å². The number of aliphatic hydroxyl groups is 1. The van der Waals surface area contributed by atoms with Crippen molar-refractivity contribution in [2.45, 2.75) is 44.9 Å². The lowest BCUT2D eigenvalue weighted by atomic mass is 9.97. The van der Waals surface area contributed by atoms with Crippen molar-refractivity contribution in [1.82, 2.24) is 4.90 Å². The Morgan fingerprint density at radius 1 is 1.53 bits per heavy atom. The van der Waals surface area contributed by atoms with Crippen molar-refractivity contribution in [2.75, 3.05) is 6.54 Å². The first-order valence-electron chi connectivity index (χ1n) is 6.73. The number of rotatable bonds is 4. The Bertz CT molecular complexity index is 448. The number of nitro groups is 1. The summed E-state index contributed by atoms with van der Waals surface area (Å²) < 4.78 is 0. The topological polar surface area (TPSA) is 66.6 Å². The fourth-order valence-electron chi connectivity index (χ4n) is 2.76. The van der Waals surface area contributed by atoms with Gasteiger partial charge in [0.1, 0.15) is 0 Å². The Hall–Kier alpha value is -1.46. The minimum Gasteiger partial charge on any atom is -0.392 e. The number of nitro benzene ring substituents is 1. The van der Waals surface area contributed by atoms with E-state index >= 15 is 0 Å². The van der Waals surface area contributed by atoms with Gasteiger partial charge >= 0.3 is 0 Å². The molecule has 0 radical (unpaired) electrons. The maximum atomic E-state index is 10.8. The zero-order valence-corrected chi connectivity index (χ0v) is 11.2. The summed E-state index contributed by atoms with van der Waals surface area (Å²) >= 11 is 0. The van der Waals surface area contributed by atoms with E-state index in [4.69, 9.17) is 0 Å². The maximum absolute atomic E-state index is 10.8. The van der Waals surface area contributed by atoms with E-state index in [9.17, 15) is 15.2 Å². The van der Waals surface area contributed by atoms with Gasteiger partial charge in [0.25, 0.3) is 5.69 Å². The second kappa shape index (κ2) is 6.12. The van der Waals surface area contributed by atoms with Crippen molar-refractivity contribution in [3.05, 3.63) is 39.9 Å². The molecule has 1 N–H and O–H groups in total. The van der Waals surface area contributed by atoms with Crippen LogP contribution in [-0.4, -0.2) is 33.6 Å². The second-order valence-electron chi connectivity index (χ2n) is 5.20. The Balaban J connectivity index is 2.10. The summed E-state index contributed by atoms with van der Waals surface area (Å²) in [4.78, 5) is 12.6. The minimum atomic E-state index is -0.369. The molecule has 0 amide bonds. The van der Waals surface area contributed by atoms with Crippen molar-refractivity contribution in [3.8, 4) is 0 Å². The van der Waals surface area contributed by atoms with Crippen LogP contribution in [-0.2, 0) is 6.54 Å². The largest absolute Gasteiger partial charge is 0.392 e. The van der Waals surface area contributed by atoms with E-state index in [0.717, 1.165) is 31.4 Å². The smallest absolute Gasteiger partial charge is 0.269 e. The average Bonchev–Trinajstić information content (AvgIpc) is 2.39. The van der Waals surface area contributed by atoms with E-state index in [1.807, 2.05) is 13.0 Å². The molecule has 1 aliphatic heterocycles. The molecule has 2 rings (SSSR count). The van der Waals surface area contributed by atoms with Crippen molar-refractivity contribution >= 4 is 5.69 Å². The molecule has 0 saturated carbocycles. The van der Waals surface area contributed by atoms with Gasteiger partial charge in [-0.25, -0.2) is 0 Å². The van der Waals surface area contributed by atoms with Crippen molar-refractivity contribution in [3.63, 3.8) is 0 Å². The van der Waals surface area contributed by atoms with Crippen molar-refractivity contribution < 1.29 is 10.0 Å². The van der Waals surface area contributed by atoms with Crippen LogP contribution in [0.1, 0.15) is 31.7 Å². The first-order valence-corrected chi connectivity index (χ1v) is 6.73. The molecule has 0 spiro atoms. The standard InChI is InChI=1S/C14H20N2O3/c1-11(17)14-7-2-3-8-15(14)10-12-5-4-6-13(9-12)16(18)19/h4-6,9,11,14,17H,2-3,7-8,10H2,1H3. The van der Waals surface area contributed by atoms with Gasteiger partial charge in [0.05, 0.1) is 11.0 Å². The van der Waals surface area contributed by atoms with Gasteiger partial charge in [-0.15, -0.1) is 0 Å². The third-order valence-corrected chi connectivity index (χ3v) is 3.73. The van der Waals surface area contributed by atoms with Crippen molar-refractivity contribution in [1.29, 1.82) is 0 Å². The molecule has 1 fully saturated rings. The summed E-state index contributed by atoms with van der Waals surface area (Å²) in [6.45, 7) is 3.42. The zero-order valence-electron chi connectivity index (χ0n) is 11.2. The van der Waals surface area contributed by atoms with Crippen LogP contribution in [0.15, 0.2) is 24.3 Å². The van der Waals surface area contributed by atoms with Gasteiger partial charge in [-0.1, -0.05) is 18.6 Å². The Morgan fingerprint density at radius 3 is 3.00 bits per heavy atom. The number of piperidine rings is 1. The van der Waals surface area contributed by atoms with Crippen LogP contribution in [0.4, 0.5) is 5.69 Å². The molecule has 1 aromatic carbocycles. The summed E-state index contributed by atoms with van der Waals surface area (Å²) in [5.41, 5.74) is 1.06. The van der Waals surface area contributed by atoms with Crippen LogP contribution in [0.2, 0.25) is 0 Å². The molecule has 5 nitrogen and oxygen atoms in total. The molecule has 104 valence electrons. The minimum absolute atomic E-state index is 0.128. The Kier molecular flexibility index (Phi) is 4.50. The highest BCUT2D eigenvalue weighted by Gasteiger charge is 2.26. The number of benzene rings is 1. The van der Waals surface area contributed by atoms with Gasteiger partial charge in [-0.05, 0) is 31.9 Å². The highest BCUT2D eigenvalue weighted by Crippen LogP contribution is 2.23. The zero-order chi connectivity index (χ0) is 13.8. The lowest BCUT2D eigenvalue weighted by molar-refractivity contribution is -0.384. The number of hydrogen-bond acceptors (Lipinski definition) is 4. The quantitative estimate of drug-likeness (QED) is 0.669. The summed E-state index contributed by atoms with van der Waals surface area (Å²) in [6, 6.07) is 6.91. The molecule has 0 aromatic heterocycles. The van der Waals surface area contributed by atoms with Gasteiger partial charge in [-0.3, -0.25) is 15.0 Å². The van der Waals surface area contributed by atoms with Gasteiger partial charge < -0.3 is 5.11 Å². The van der Waals surface area contributed by atoms with Crippen LogP contribution in [0.5, 0.6) is 0 Å². The number of non-ortho nitro benzene ring substituents is 1. The fraction of sp³-hybridized carbons (Fsp3) is 0.571. The van der Waals surface area contributed by atoms with Crippen molar-refractivity contribution in [2.24, 2.45) is 0 Å². The number of nitrogens with zero attached hydrogens (tertiary/aromatic N) is 2. The van der Waals surface area contributed by atoms with E-state index in [2.05, 4.69) is 4.90 Å². The first-order chi connectivity index (χ1) is 9.08. The Morgan fingerprint density at radius 2 is 2.32 bits per heavy atom. The van der Waals surface area contributed by atoms with Crippen LogP contribution < -0.4 is 0 Å². The molecule has 0 bridgehead atoms. The molecule has 19 heavy (non-hydrogen) atoms. The highest BCUT2D eigenvalue weighted by atomic mass is 16.6. The molecule has 1 saturated heterocycles. The number of likely N-dealkylation sites (tertiary alicyclic amines) is 1. The van der Waals surface area contributed by atoms with Gasteiger partial charge in [-0.2, -0.15) is 0 Å². The lowest BCUT2D eigenvalue weighted by Gasteiger charge is -2.37. The fourth-order valence-corrected chi connectivity index (χ4v) is 2.76. The molecule has 1 aromatic rings. The summed E-state index contributed by atoms with van der Waals surface area (Å²) in [7, 11) is 0. The van der Waals surface area contributed by atoms with Crippen LogP contribution in [0, 0.1) is 10.1 Å². The molecule has 2 unspecified atom stereocenters. The molecule has 0 aliphatic carbocycles. The summed E-state index contributed by atoms with van der Waals surface area (Å²) in [6.07, 6.45) is 2.89. The second-order valence-corrected chi connectivity index (χ2v) is 5.20. The average molecular weight is 264 g/mol. The van der Waals surface area contributed by atoms with Crippen LogP contribution >= 0.6 is 0 Å². The predicted molar refractivity (Wildman–Crippen MR) is 72.8 cm³/mol. The van der Waals surface area contributed by atoms with Crippen LogP contribution in [0.3, 0.4) is 0 Å². The third-order valence-electron chi connectivity index (χ3n) is 3.73. The van der Waals surface area contributed by atoms with E-state index in [1.165, 1.54) is 6.07 Å². The highest BCUT2D eigenvalue weighted by molar-refractivity contribution is 5.34. The molecule has 1 heterocycles. The lowest BCUT2D eigenvalue weighted by Crippen LogP contribution is -2.45. The van der Waals surface area contributed by atoms with E-state index in [1.54, 1.807) is 12.1 Å². The van der Waals surface area contributed by atoms with E-state index < -0.39 is 0 Å². The predicted octanol–water partition coefficient (Wildman–Crippen LogP) is 2.33. The van der Waals surface area contributed by atoms with Crippen LogP contribution in [0.25, 0.3) is 0 Å². The Labute approximate surface area is 113 Å². The summed E-state index contributed by atoms with van der Waals surface area (Å²) in [5.74, 6) is 0. The SMILES string of the molecule is CC(O)C1CCCCN1Cc1cccc([N+](=O)[O-])c1. The number of aliphatic hydroxyl groups excluding tert-OH is 1. The molecule has 1 aliphatic rings. The monoisotopic (exact) mass is 264 g/mol. The van der Waals surface area contributed by atoms with E-state index in [-0.39, 0.29) is 22.8 Å². The van der Waals surface area contributed by atoms with E-state index in [0.29, 0.717) is 6.54 Å². The number of hydrogen-bond donors (Lipinski definition) is 1. The first kappa shape index (κ1) is 14.0. The molecular weight excluding hydrogens is 244 g/mol. The maximum Gasteiger partial charge on any atom is 0.269 e. The molecular formula is C14H20N2O3. The molecule has 5 heteroatoms. The normalized spacial score (nSPS) is 22.1. The summed E-state index contributed by atoms with van der Waals surface area (Å²) in [5, 5.41) is 20.6. The third kappa shape index (κ3) is 3.52. The van der Waals surface area contributed by atoms with Gasteiger partial charge in [0, 0.05) is 24.7 Å². The van der Waals surface area contributed by atoms with Gasteiger partial charge in [0.15, 0.2) is 0 Å². The molecule has 2 atom stereocenters.